The van der Waals surface area contributed by atoms with E-state index < -0.39 is 6.04 Å². The molecule has 2 aromatic rings. The molecule has 146 valence electrons. The second kappa shape index (κ2) is 7.28. The molecule has 2 aliphatic heterocycles. The highest BCUT2D eigenvalue weighted by Crippen LogP contribution is 2.56. The maximum atomic E-state index is 13.2. The Morgan fingerprint density at radius 3 is 2.57 bits per heavy atom. The van der Waals surface area contributed by atoms with Crippen LogP contribution in [0, 0.1) is 0 Å². The van der Waals surface area contributed by atoms with E-state index >= 15 is 0 Å². The molecule has 2 heterocycles. The number of thioether (sulfide) groups is 1. The van der Waals surface area contributed by atoms with Gasteiger partial charge in [0.05, 0.1) is 0 Å². The first kappa shape index (κ1) is 19.1. The number of aryl methyl sites for hydroxylation is 1. The van der Waals surface area contributed by atoms with Gasteiger partial charge in [-0.2, -0.15) is 0 Å². The van der Waals surface area contributed by atoms with Gasteiger partial charge in [0.15, 0.2) is 0 Å². The summed E-state index contributed by atoms with van der Waals surface area (Å²) >= 11 is 1.70. The number of fused-ring (bicyclic) bond motifs is 3. The second-order valence-corrected chi connectivity index (χ2v) is 9.94. The average Bonchev–Trinajstić information content (AvgIpc) is 3.11. The lowest BCUT2D eigenvalue weighted by atomic mass is 9.99. The zero-order chi connectivity index (χ0) is 19.9. The molecular formula is C23H26N2O2S. The molecule has 0 spiro atoms. The summed E-state index contributed by atoms with van der Waals surface area (Å²) in [6.07, 6.45) is 1.79. The van der Waals surface area contributed by atoms with E-state index in [0.717, 1.165) is 24.0 Å². The summed E-state index contributed by atoms with van der Waals surface area (Å²) in [5, 5.41) is 3.09. The lowest BCUT2D eigenvalue weighted by Gasteiger charge is -2.30. The van der Waals surface area contributed by atoms with Gasteiger partial charge in [0.2, 0.25) is 5.91 Å². The summed E-state index contributed by atoms with van der Waals surface area (Å²) < 4.78 is -0.336. The number of hydrogen-bond acceptors (Lipinski definition) is 3. The summed E-state index contributed by atoms with van der Waals surface area (Å²) in [6.45, 7) is 6.16. The molecule has 0 aliphatic carbocycles. The number of amides is 2. The van der Waals surface area contributed by atoms with E-state index in [9.17, 15) is 9.59 Å². The minimum atomic E-state index is -0.471. The first-order valence-corrected chi connectivity index (χ1v) is 10.7. The van der Waals surface area contributed by atoms with Crippen molar-refractivity contribution in [1.29, 1.82) is 0 Å². The number of carbonyl (C=O) groups excluding carboxylic acids is 2. The van der Waals surface area contributed by atoms with Crippen molar-refractivity contribution in [3.63, 3.8) is 0 Å². The third-order valence-electron chi connectivity index (χ3n) is 5.64. The molecule has 1 N–H and O–H groups in total. The van der Waals surface area contributed by atoms with E-state index in [1.807, 2.05) is 49.4 Å². The highest BCUT2D eigenvalue weighted by Gasteiger charge is 2.57. The largest absolute Gasteiger partial charge is 0.352 e. The van der Waals surface area contributed by atoms with Gasteiger partial charge in [-0.25, -0.2) is 0 Å². The van der Waals surface area contributed by atoms with Crippen LogP contribution in [0.2, 0.25) is 0 Å². The van der Waals surface area contributed by atoms with Crippen LogP contribution in [0.5, 0.6) is 0 Å². The molecule has 0 radical (unpaired) electrons. The van der Waals surface area contributed by atoms with Gasteiger partial charge in [-0.05, 0) is 50.8 Å². The molecule has 1 fully saturated rings. The summed E-state index contributed by atoms with van der Waals surface area (Å²) in [6, 6.07) is 17.6. The predicted octanol–water partition coefficient (Wildman–Crippen LogP) is 4.17. The van der Waals surface area contributed by atoms with E-state index in [1.54, 1.807) is 16.7 Å². The number of benzene rings is 2. The highest BCUT2D eigenvalue weighted by atomic mass is 32.2. The van der Waals surface area contributed by atoms with Crippen LogP contribution in [0.4, 0.5) is 0 Å². The molecule has 4 rings (SSSR count). The Morgan fingerprint density at radius 1 is 1.14 bits per heavy atom. The number of nitrogens with one attached hydrogen (secondary N) is 1. The van der Waals surface area contributed by atoms with Gasteiger partial charge < -0.3 is 10.2 Å². The average molecular weight is 395 g/mol. The Hall–Kier alpha value is -2.27. The van der Waals surface area contributed by atoms with Crippen LogP contribution in [0.25, 0.3) is 0 Å². The normalized spacial score (nSPS) is 23.2. The molecule has 0 unspecified atom stereocenters. The van der Waals surface area contributed by atoms with Crippen molar-refractivity contribution in [2.24, 2.45) is 0 Å². The third-order valence-corrected chi connectivity index (χ3v) is 7.18. The molecule has 0 saturated carbocycles. The van der Waals surface area contributed by atoms with Gasteiger partial charge in [0, 0.05) is 16.4 Å². The topological polar surface area (TPSA) is 49.4 Å². The minimum absolute atomic E-state index is 0.0317. The fraction of sp³-hybridized carbons (Fsp3) is 0.391. The molecule has 3 atom stereocenters. The molecule has 2 aromatic carbocycles. The van der Waals surface area contributed by atoms with E-state index in [2.05, 4.69) is 31.3 Å². The van der Waals surface area contributed by atoms with Gasteiger partial charge in [0.1, 0.15) is 11.4 Å². The molecule has 2 aliphatic rings. The van der Waals surface area contributed by atoms with E-state index in [4.69, 9.17) is 0 Å². The van der Waals surface area contributed by atoms with Crippen molar-refractivity contribution in [2.75, 3.05) is 0 Å². The lowest BCUT2D eigenvalue weighted by molar-refractivity contribution is -0.126. The summed E-state index contributed by atoms with van der Waals surface area (Å²) in [5.41, 5.74) is 3.02. The molecule has 0 aromatic heterocycles. The Morgan fingerprint density at radius 2 is 1.82 bits per heavy atom. The van der Waals surface area contributed by atoms with Crippen LogP contribution in [0.15, 0.2) is 54.6 Å². The maximum Gasteiger partial charge on any atom is 0.256 e. The minimum Gasteiger partial charge on any atom is -0.352 e. The SMILES string of the molecule is C[C@@H](CCc1ccccc1)NC(=O)[C@@H]1N2C(=O)c3ccccc3[C@H]2SC1(C)C. The van der Waals surface area contributed by atoms with Gasteiger partial charge in [-0.1, -0.05) is 48.5 Å². The third kappa shape index (κ3) is 3.32. The Bertz CT molecular complexity index is 896. The van der Waals surface area contributed by atoms with Crippen molar-refractivity contribution in [3.8, 4) is 0 Å². The zero-order valence-electron chi connectivity index (χ0n) is 16.5. The Balaban J connectivity index is 1.47. The first-order chi connectivity index (χ1) is 13.4. The smallest absolute Gasteiger partial charge is 0.256 e. The van der Waals surface area contributed by atoms with E-state index in [-0.39, 0.29) is 28.0 Å². The van der Waals surface area contributed by atoms with E-state index in [0.29, 0.717) is 0 Å². The fourth-order valence-corrected chi connectivity index (χ4v) is 5.81. The molecule has 5 heteroatoms. The monoisotopic (exact) mass is 394 g/mol. The van der Waals surface area contributed by atoms with E-state index in [1.165, 1.54) is 5.56 Å². The van der Waals surface area contributed by atoms with Gasteiger partial charge >= 0.3 is 0 Å². The van der Waals surface area contributed by atoms with Crippen LogP contribution in [0.1, 0.15) is 54.1 Å². The molecule has 1 saturated heterocycles. The molecule has 4 nitrogen and oxygen atoms in total. The van der Waals surface area contributed by atoms with Gasteiger partial charge in [-0.3, -0.25) is 9.59 Å². The highest BCUT2D eigenvalue weighted by molar-refractivity contribution is 8.01. The van der Waals surface area contributed by atoms with Gasteiger partial charge in [0.25, 0.3) is 5.91 Å². The van der Waals surface area contributed by atoms with Crippen LogP contribution in [-0.2, 0) is 11.2 Å². The van der Waals surface area contributed by atoms with Crippen LogP contribution < -0.4 is 5.32 Å². The first-order valence-electron chi connectivity index (χ1n) is 9.82. The summed E-state index contributed by atoms with van der Waals surface area (Å²) in [4.78, 5) is 28.0. The standard InChI is InChI=1S/C23H26N2O2S/c1-15(13-14-16-9-5-4-6-10-16)24-20(26)19-23(2,3)28-22-18-12-8-7-11-17(18)21(27)25(19)22/h4-12,15,19,22H,13-14H2,1-3H3,(H,24,26)/t15-,19-,22+/m0/s1. The van der Waals surface area contributed by atoms with Crippen molar-refractivity contribution in [1.82, 2.24) is 10.2 Å². The van der Waals surface area contributed by atoms with Crippen molar-refractivity contribution >= 4 is 23.6 Å². The number of hydrogen-bond donors (Lipinski definition) is 1. The fourth-order valence-electron chi connectivity index (χ4n) is 4.23. The lowest BCUT2D eigenvalue weighted by Crippen LogP contribution is -2.54. The number of carbonyl (C=O) groups is 2. The van der Waals surface area contributed by atoms with Crippen LogP contribution in [0.3, 0.4) is 0 Å². The Kier molecular flexibility index (Phi) is 4.96. The molecular weight excluding hydrogens is 368 g/mol. The van der Waals surface area contributed by atoms with Crippen molar-refractivity contribution in [2.45, 2.75) is 55.8 Å². The van der Waals surface area contributed by atoms with Crippen LogP contribution >= 0.6 is 11.8 Å². The van der Waals surface area contributed by atoms with Crippen molar-refractivity contribution in [3.05, 3.63) is 71.3 Å². The molecule has 0 bridgehead atoms. The van der Waals surface area contributed by atoms with Crippen LogP contribution in [-0.4, -0.2) is 33.5 Å². The number of rotatable bonds is 5. The second-order valence-electron chi connectivity index (χ2n) is 8.21. The summed E-state index contributed by atoms with van der Waals surface area (Å²) in [7, 11) is 0. The Labute approximate surface area is 170 Å². The van der Waals surface area contributed by atoms with Gasteiger partial charge in [-0.15, -0.1) is 11.8 Å². The summed E-state index contributed by atoms with van der Waals surface area (Å²) in [5.74, 6) is -0.0857. The molecule has 2 amide bonds. The number of nitrogens with zero attached hydrogens (tertiary/aromatic N) is 1. The quantitative estimate of drug-likeness (QED) is 0.828. The zero-order valence-corrected chi connectivity index (χ0v) is 17.3. The maximum absolute atomic E-state index is 13.2. The van der Waals surface area contributed by atoms with Crippen molar-refractivity contribution < 1.29 is 9.59 Å². The predicted molar refractivity (Wildman–Crippen MR) is 113 cm³/mol. The molecule has 28 heavy (non-hydrogen) atoms.